The Hall–Kier alpha value is -1.62. The van der Waals surface area contributed by atoms with Crippen molar-refractivity contribution in [1.82, 2.24) is 10.5 Å². The maximum atomic E-state index is 10.8. The van der Waals surface area contributed by atoms with Gasteiger partial charge in [0.25, 0.3) is 5.91 Å². The van der Waals surface area contributed by atoms with Crippen molar-refractivity contribution in [3.63, 3.8) is 0 Å². The van der Waals surface area contributed by atoms with Gasteiger partial charge in [0.2, 0.25) is 0 Å². The van der Waals surface area contributed by atoms with Crippen molar-refractivity contribution in [3.05, 3.63) is 23.5 Å². The zero-order chi connectivity index (χ0) is 9.14. The average molecular weight is 168 g/mol. The van der Waals surface area contributed by atoms with Crippen LogP contribution in [-0.2, 0) is 0 Å². The number of Topliss-reactive ketones (excluding diaryl/α,β-unsaturated/α-hetero) is 1. The highest BCUT2D eigenvalue weighted by atomic mass is 16.5. The Morgan fingerprint density at radius 1 is 1.58 bits per heavy atom. The van der Waals surface area contributed by atoms with Crippen LogP contribution in [0.5, 0.6) is 0 Å². The molecule has 3 N–H and O–H groups in total. The molecule has 1 heterocycles. The predicted molar refractivity (Wildman–Crippen MR) is 40.0 cm³/mol. The van der Waals surface area contributed by atoms with Crippen LogP contribution in [0.3, 0.4) is 0 Å². The number of hydroxylamine groups is 1. The quantitative estimate of drug-likeness (QED) is 0.338. The molecule has 0 aliphatic carbocycles. The maximum absolute atomic E-state index is 10.8. The van der Waals surface area contributed by atoms with E-state index in [9.17, 15) is 9.59 Å². The van der Waals surface area contributed by atoms with Crippen LogP contribution in [0.4, 0.5) is 0 Å². The molecule has 0 radical (unpaired) electrons. The Bertz CT molecular complexity index is 316. The molecule has 0 fully saturated rings. The molecule has 1 amide bonds. The lowest BCUT2D eigenvalue weighted by Gasteiger charge is -1.90. The first-order chi connectivity index (χ1) is 5.65. The van der Waals surface area contributed by atoms with Crippen LogP contribution in [0.1, 0.15) is 27.8 Å². The van der Waals surface area contributed by atoms with Gasteiger partial charge in [0.1, 0.15) is 5.69 Å². The molecular weight excluding hydrogens is 160 g/mol. The van der Waals surface area contributed by atoms with E-state index in [0.29, 0.717) is 5.56 Å². The molecule has 0 spiro atoms. The number of carbonyl (C=O) groups is 2. The van der Waals surface area contributed by atoms with Crippen LogP contribution >= 0.6 is 0 Å². The summed E-state index contributed by atoms with van der Waals surface area (Å²) in [5.41, 5.74) is 2.02. The fourth-order valence-corrected chi connectivity index (χ4v) is 0.789. The van der Waals surface area contributed by atoms with Crippen LogP contribution in [0.15, 0.2) is 12.3 Å². The number of rotatable bonds is 2. The molecule has 1 aromatic rings. The molecule has 0 aliphatic rings. The highest BCUT2D eigenvalue weighted by Gasteiger charge is 2.08. The Morgan fingerprint density at radius 2 is 2.25 bits per heavy atom. The third-order valence-corrected chi connectivity index (χ3v) is 1.44. The van der Waals surface area contributed by atoms with Crippen LogP contribution in [0.2, 0.25) is 0 Å². The number of amides is 1. The molecule has 0 saturated heterocycles. The Balaban J connectivity index is 2.91. The van der Waals surface area contributed by atoms with Crippen LogP contribution in [0.25, 0.3) is 0 Å². The van der Waals surface area contributed by atoms with Crippen molar-refractivity contribution < 1.29 is 14.8 Å². The second-order valence-corrected chi connectivity index (χ2v) is 2.30. The van der Waals surface area contributed by atoms with Gasteiger partial charge >= 0.3 is 0 Å². The number of ketones is 1. The first-order valence-corrected chi connectivity index (χ1v) is 3.29. The fraction of sp³-hybridized carbons (Fsp3) is 0.143. The molecule has 0 atom stereocenters. The standard InChI is InChI=1S/C7H8N2O3/c1-4(10)5-2-6(8-3-5)7(11)9-12/h2-3,8,12H,1H3,(H,9,11). The summed E-state index contributed by atoms with van der Waals surface area (Å²) in [6.07, 6.45) is 1.41. The first-order valence-electron chi connectivity index (χ1n) is 3.29. The van der Waals surface area contributed by atoms with Gasteiger partial charge in [0.15, 0.2) is 5.78 Å². The Morgan fingerprint density at radius 3 is 2.67 bits per heavy atom. The Labute approximate surface area is 68.4 Å². The van der Waals surface area contributed by atoms with Gasteiger partial charge in [-0.05, 0) is 13.0 Å². The van der Waals surface area contributed by atoms with Crippen molar-refractivity contribution in [2.75, 3.05) is 0 Å². The van der Waals surface area contributed by atoms with E-state index in [0.717, 1.165) is 0 Å². The predicted octanol–water partition coefficient (Wildman–Crippen LogP) is 0.336. The second kappa shape index (κ2) is 3.19. The van der Waals surface area contributed by atoms with Gasteiger partial charge in [-0.25, -0.2) is 5.48 Å². The minimum Gasteiger partial charge on any atom is -0.356 e. The van der Waals surface area contributed by atoms with Gasteiger partial charge < -0.3 is 4.98 Å². The number of hydrogen-bond donors (Lipinski definition) is 3. The topological polar surface area (TPSA) is 82.2 Å². The summed E-state index contributed by atoms with van der Waals surface area (Å²) in [5, 5.41) is 8.23. The summed E-state index contributed by atoms with van der Waals surface area (Å²) in [4.78, 5) is 24.0. The van der Waals surface area contributed by atoms with Gasteiger partial charge in [-0.2, -0.15) is 0 Å². The van der Waals surface area contributed by atoms with E-state index in [1.165, 1.54) is 24.7 Å². The molecule has 0 aliphatic heterocycles. The van der Waals surface area contributed by atoms with Gasteiger partial charge in [-0.3, -0.25) is 14.8 Å². The van der Waals surface area contributed by atoms with Crippen molar-refractivity contribution >= 4 is 11.7 Å². The molecule has 0 saturated carbocycles. The summed E-state index contributed by atoms with van der Waals surface area (Å²) in [5.74, 6) is -0.800. The smallest absolute Gasteiger partial charge is 0.291 e. The summed E-state index contributed by atoms with van der Waals surface area (Å²) >= 11 is 0. The average Bonchev–Trinajstić information content (AvgIpc) is 2.51. The minimum atomic E-state index is -0.664. The van der Waals surface area contributed by atoms with E-state index in [4.69, 9.17) is 5.21 Å². The number of aromatic amines is 1. The monoisotopic (exact) mass is 168 g/mol. The number of carbonyl (C=O) groups excluding carboxylic acids is 2. The number of nitrogens with one attached hydrogen (secondary N) is 2. The fourth-order valence-electron chi connectivity index (χ4n) is 0.789. The lowest BCUT2D eigenvalue weighted by atomic mass is 10.2. The maximum Gasteiger partial charge on any atom is 0.291 e. The van der Waals surface area contributed by atoms with E-state index in [1.54, 1.807) is 0 Å². The van der Waals surface area contributed by atoms with Crippen LogP contribution < -0.4 is 5.48 Å². The number of hydrogen-bond acceptors (Lipinski definition) is 3. The molecule has 1 rings (SSSR count). The van der Waals surface area contributed by atoms with Crippen molar-refractivity contribution in [2.24, 2.45) is 0 Å². The van der Waals surface area contributed by atoms with Gasteiger partial charge in [-0.1, -0.05) is 0 Å². The van der Waals surface area contributed by atoms with Gasteiger partial charge in [-0.15, -0.1) is 0 Å². The molecule has 64 valence electrons. The lowest BCUT2D eigenvalue weighted by molar-refractivity contribution is 0.0701. The van der Waals surface area contributed by atoms with Crippen LogP contribution in [-0.4, -0.2) is 21.9 Å². The zero-order valence-corrected chi connectivity index (χ0v) is 6.42. The third kappa shape index (κ3) is 1.51. The number of H-pyrrole nitrogens is 1. The molecule has 0 aromatic carbocycles. The summed E-state index contributed by atoms with van der Waals surface area (Å²) in [6, 6.07) is 1.37. The van der Waals surface area contributed by atoms with Gasteiger partial charge in [0.05, 0.1) is 0 Å². The Kier molecular flexibility index (Phi) is 2.25. The molecule has 12 heavy (non-hydrogen) atoms. The lowest BCUT2D eigenvalue weighted by Crippen LogP contribution is -2.18. The zero-order valence-electron chi connectivity index (χ0n) is 6.42. The molecule has 0 unspecified atom stereocenters. The molecule has 0 bridgehead atoms. The highest BCUT2D eigenvalue weighted by molar-refractivity contribution is 5.98. The van der Waals surface area contributed by atoms with Crippen molar-refractivity contribution in [2.45, 2.75) is 6.92 Å². The highest BCUT2D eigenvalue weighted by Crippen LogP contribution is 2.03. The second-order valence-electron chi connectivity index (χ2n) is 2.30. The van der Waals surface area contributed by atoms with E-state index < -0.39 is 5.91 Å². The largest absolute Gasteiger partial charge is 0.356 e. The normalized spacial score (nSPS) is 9.50. The minimum absolute atomic E-state index is 0.136. The van der Waals surface area contributed by atoms with Crippen molar-refractivity contribution in [1.29, 1.82) is 0 Å². The molecular formula is C7H8N2O3. The van der Waals surface area contributed by atoms with Gasteiger partial charge in [0, 0.05) is 11.8 Å². The van der Waals surface area contributed by atoms with Crippen molar-refractivity contribution in [3.8, 4) is 0 Å². The summed E-state index contributed by atoms with van der Waals surface area (Å²) in [7, 11) is 0. The van der Waals surface area contributed by atoms with Crippen LogP contribution in [0, 0.1) is 0 Å². The first kappa shape index (κ1) is 8.48. The van der Waals surface area contributed by atoms with E-state index in [-0.39, 0.29) is 11.5 Å². The molecule has 1 aromatic heterocycles. The summed E-state index contributed by atoms with van der Waals surface area (Å²) < 4.78 is 0. The van der Waals surface area contributed by atoms with E-state index in [1.807, 2.05) is 0 Å². The van der Waals surface area contributed by atoms with E-state index in [2.05, 4.69) is 4.98 Å². The summed E-state index contributed by atoms with van der Waals surface area (Å²) in [6.45, 7) is 1.39. The SMILES string of the molecule is CC(=O)c1c[nH]c(C(=O)NO)c1. The number of aromatic nitrogens is 1. The van der Waals surface area contributed by atoms with E-state index >= 15 is 0 Å². The third-order valence-electron chi connectivity index (χ3n) is 1.44. The molecule has 5 nitrogen and oxygen atoms in total. The molecule has 5 heteroatoms.